The van der Waals surface area contributed by atoms with Gasteiger partial charge in [0.2, 0.25) is 0 Å². The van der Waals surface area contributed by atoms with Gasteiger partial charge in [0.05, 0.1) is 11.0 Å². The van der Waals surface area contributed by atoms with Crippen LogP contribution in [0.2, 0.25) is 0 Å². The Morgan fingerprint density at radius 2 is 1.43 bits per heavy atom. The number of nitrogens with zero attached hydrogens (tertiary/aromatic N) is 2. The van der Waals surface area contributed by atoms with Gasteiger partial charge in [0, 0.05) is 26.5 Å². The van der Waals surface area contributed by atoms with E-state index in [4.69, 9.17) is 0 Å². The van der Waals surface area contributed by atoms with Crippen LogP contribution in [0.15, 0.2) is 101 Å². The minimum Gasteiger partial charge on any atom is -0.309 e. The van der Waals surface area contributed by atoms with Crippen molar-refractivity contribution >= 4 is 43.4 Å². The van der Waals surface area contributed by atoms with Crippen LogP contribution in [-0.4, -0.2) is 4.57 Å². The number of rotatable bonds is 3. The molecule has 28 heavy (non-hydrogen) atoms. The van der Waals surface area contributed by atoms with E-state index in [9.17, 15) is 4.91 Å². The largest absolute Gasteiger partial charge is 0.309 e. The maximum atomic E-state index is 11.5. The summed E-state index contributed by atoms with van der Waals surface area (Å²) in [6.45, 7) is 0. The van der Waals surface area contributed by atoms with Crippen LogP contribution in [0.1, 0.15) is 0 Å². The van der Waals surface area contributed by atoms with E-state index in [1.807, 2.05) is 42.5 Å². The summed E-state index contributed by atoms with van der Waals surface area (Å²) < 4.78 is 3.12. The van der Waals surface area contributed by atoms with E-state index in [1.54, 1.807) is 6.07 Å². The fourth-order valence-electron chi connectivity index (χ4n) is 3.94. The molecule has 5 rings (SSSR count). The molecule has 3 nitrogen and oxygen atoms in total. The van der Waals surface area contributed by atoms with E-state index in [1.165, 1.54) is 0 Å². The van der Waals surface area contributed by atoms with Crippen molar-refractivity contribution in [3.63, 3.8) is 0 Å². The highest BCUT2D eigenvalue weighted by Gasteiger charge is 2.18. The van der Waals surface area contributed by atoms with E-state index in [0.29, 0.717) is 5.69 Å². The van der Waals surface area contributed by atoms with Gasteiger partial charge in [0.15, 0.2) is 0 Å². The Hall–Kier alpha value is -3.24. The summed E-state index contributed by atoms with van der Waals surface area (Å²) >= 11 is 3.62. The zero-order valence-corrected chi connectivity index (χ0v) is 16.4. The monoisotopic (exact) mass is 426 g/mol. The van der Waals surface area contributed by atoms with Crippen LogP contribution in [0.5, 0.6) is 0 Å². The van der Waals surface area contributed by atoms with Crippen molar-refractivity contribution in [2.75, 3.05) is 0 Å². The second-order valence-electron chi connectivity index (χ2n) is 6.61. The molecule has 1 heterocycles. The van der Waals surface area contributed by atoms with Gasteiger partial charge in [-0.15, -0.1) is 4.91 Å². The van der Waals surface area contributed by atoms with Crippen molar-refractivity contribution in [2.24, 2.45) is 5.18 Å². The topological polar surface area (TPSA) is 34.4 Å². The smallest absolute Gasteiger partial charge is 0.116 e. The normalized spacial score (nSPS) is 11.2. The van der Waals surface area contributed by atoms with E-state index >= 15 is 0 Å². The molecule has 4 heteroatoms. The Bertz CT molecular complexity index is 1340. The van der Waals surface area contributed by atoms with Gasteiger partial charge in [0.25, 0.3) is 0 Å². The van der Waals surface area contributed by atoms with Crippen LogP contribution in [0.4, 0.5) is 5.69 Å². The number of nitroso groups, excluding NO2 is 1. The number of aromatic nitrogens is 1. The minimum atomic E-state index is 0.429. The van der Waals surface area contributed by atoms with Crippen molar-refractivity contribution in [3.8, 4) is 16.8 Å². The van der Waals surface area contributed by atoms with E-state index < -0.39 is 0 Å². The fourth-order valence-corrected chi connectivity index (χ4v) is 4.51. The first-order chi connectivity index (χ1) is 13.8. The van der Waals surface area contributed by atoms with Gasteiger partial charge in [-0.05, 0) is 47.1 Å². The lowest BCUT2D eigenvalue weighted by Gasteiger charge is -2.10. The molecule has 0 amide bonds. The lowest BCUT2D eigenvalue weighted by molar-refractivity contribution is 1.18. The molecule has 0 aliphatic heterocycles. The maximum absolute atomic E-state index is 11.5. The molecule has 4 aromatic carbocycles. The summed E-state index contributed by atoms with van der Waals surface area (Å²) in [5.74, 6) is 0. The Kier molecular flexibility index (Phi) is 4.06. The van der Waals surface area contributed by atoms with Crippen molar-refractivity contribution in [1.82, 2.24) is 4.57 Å². The molecular formula is C24H15BrN2O. The molecule has 0 aliphatic rings. The number of para-hydroxylation sites is 2. The average Bonchev–Trinajstić information content (AvgIpc) is 3.09. The summed E-state index contributed by atoms with van der Waals surface area (Å²) in [7, 11) is 0. The summed E-state index contributed by atoms with van der Waals surface area (Å²) in [6.07, 6.45) is 0. The zero-order chi connectivity index (χ0) is 19.1. The van der Waals surface area contributed by atoms with Crippen molar-refractivity contribution in [2.45, 2.75) is 0 Å². The van der Waals surface area contributed by atoms with E-state index in [2.05, 4.69) is 68.1 Å². The standard InChI is InChI=1S/C24H15BrN2O/c25-19-12-7-13-20(26-28)24(19)18-11-6-15-22-23(18)17-10-4-5-14-21(17)27(22)16-8-2-1-3-9-16/h1-15H. The molecule has 0 atom stereocenters. The summed E-state index contributed by atoms with van der Waals surface area (Å²) in [4.78, 5) is 11.5. The number of hydrogen-bond acceptors (Lipinski definition) is 2. The zero-order valence-electron chi connectivity index (χ0n) is 14.8. The number of halogens is 1. The minimum absolute atomic E-state index is 0.429. The lowest BCUT2D eigenvalue weighted by Crippen LogP contribution is -1.93. The highest BCUT2D eigenvalue weighted by atomic mass is 79.9. The van der Waals surface area contributed by atoms with Crippen molar-refractivity contribution in [3.05, 3.63) is 100 Å². The van der Waals surface area contributed by atoms with Gasteiger partial charge in [-0.25, -0.2) is 0 Å². The Balaban J connectivity index is 1.98. The quantitative estimate of drug-likeness (QED) is 0.273. The molecule has 0 aliphatic carbocycles. The van der Waals surface area contributed by atoms with Gasteiger partial charge in [-0.3, -0.25) is 0 Å². The lowest BCUT2D eigenvalue weighted by atomic mass is 9.98. The Morgan fingerprint density at radius 1 is 0.714 bits per heavy atom. The van der Waals surface area contributed by atoms with Gasteiger partial charge >= 0.3 is 0 Å². The van der Waals surface area contributed by atoms with Gasteiger partial charge in [-0.2, -0.15) is 0 Å². The van der Waals surface area contributed by atoms with Crippen LogP contribution in [0.25, 0.3) is 38.6 Å². The van der Waals surface area contributed by atoms with Gasteiger partial charge in [0.1, 0.15) is 5.69 Å². The van der Waals surface area contributed by atoms with Crippen LogP contribution >= 0.6 is 15.9 Å². The molecule has 134 valence electrons. The molecule has 1 aromatic heterocycles. The molecule has 0 unspecified atom stereocenters. The van der Waals surface area contributed by atoms with Gasteiger partial charge < -0.3 is 4.57 Å². The van der Waals surface area contributed by atoms with Crippen molar-refractivity contribution in [1.29, 1.82) is 0 Å². The molecule has 0 fully saturated rings. The third kappa shape index (κ3) is 2.49. The van der Waals surface area contributed by atoms with Crippen LogP contribution in [0.3, 0.4) is 0 Å². The second-order valence-corrected chi connectivity index (χ2v) is 7.47. The number of fused-ring (bicyclic) bond motifs is 3. The maximum Gasteiger partial charge on any atom is 0.116 e. The fraction of sp³-hybridized carbons (Fsp3) is 0. The van der Waals surface area contributed by atoms with Crippen LogP contribution in [0, 0.1) is 4.91 Å². The molecule has 0 N–H and O–H groups in total. The molecule has 0 radical (unpaired) electrons. The molecule has 0 spiro atoms. The van der Waals surface area contributed by atoms with E-state index in [0.717, 1.165) is 43.1 Å². The highest BCUT2D eigenvalue weighted by molar-refractivity contribution is 9.10. The summed E-state index contributed by atoms with van der Waals surface area (Å²) in [6, 6.07) is 30.4. The average molecular weight is 427 g/mol. The molecular weight excluding hydrogens is 412 g/mol. The summed E-state index contributed by atoms with van der Waals surface area (Å²) in [5, 5.41) is 5.53. The predicted molar refractivity (Wildman–Crippen MR) is 119 cm³/mol. The first-order valence-electron chi connectivity index (χ1n) is 8.99. The summed E-state index contributed by atoms with van der Waals surface area (Å²) in [5.41, 5.74) is 5.57. The number of benzene rings is 4. The first kappa shape index (κ1) is 16.9. The van der Waals surface area contributed by atoms with Gasteiger partial charge in [-0.1, -0.05) is 70.5 Å². The van der Waals surface area contributed by atoms with E-state index in [-0.39, 0.29) is 0 Å². The molecule has 5 aromatic rings. The predicted octanol–water partition coefficient (Wildman–Crippen LogP) is 7.61. The van der Waals surface area contributed by atoms with Crippen molar-refractivity contribution < 1.29 is 0 Å². The van der Waals surface area contributed by atoms with Crippen LogP contribution < -0.4 is 0 Å². The second kappa shape index (κ2) is 6.73. The Labute approximate surface area is 170 Å². The molecule has 0 saturated carbocycles. The third-order valence-electron chi connectivity index (χ3n) is 5.07. The Morgan fingerprint density at radius 3 is 2.25 bits per heavy atom. The molecule has 0 bridgehead atoms. The molecule has 0 saturated heterocycles. The first-order valence-corrected chi connectivity index (χ1v) is 9.79. The third-order valence-corrected chi connectivity index (χ3v) is 5.73. The SMILES string of the molecule is O=Nc1cccc(Br)c1-c1cccc2c1c1ccccc1n2-c1ccccc1. The highest BCUT2D eigenvalue weighted by Crippen LogP contribution is 2.44. The number of hydrogen-bond donors (Lipinski definition) is 0. The van der Waals surface area contributed by atoms with Crippen LogP contribution in [-0.2, 0) is 0 Å².